The van der Waals surface area contributed by atoms with Crippen LogP contribution in [0.2, 0.25) is 0 Å². The molecule has 8 heteroatoms. The molecule has 1 aromatic carbocycles. The van der Waals surface area contributed by atoms with Gasteiger partial charge in [0.2, 0.25) is 0 Å². The normalized spacial score (nSPS) is 11.3. The zero-order valence-corrected chi connectivity index (χ0v) is 9.73. The number of hydrogen-bond acceptors (Lipinski definition) is 3. The highest BCUT2D eigenvalue weighted by molar-refractivity contribution is 5.95. The fourth-order valence-corrected chi connectivity index (χ4v) is 1.78. The van der Waals surface area contributed by atoms with Crippen molar-refractivity contribution in [3.8, 4) is 11.1 Å². The molecule has 0 aliphatic heterocycles. The number of benzene rings is 1. The van der Waals surface area contributed by atoms with Crippen LogP contribution >= 0.6 is 0 Å². The van der Waals surface area contributed by atoms with Gasteiger partial charge in [-0.2, -0.15) is 18.3 Å². The Balaban J connectivity index is 2.80. The van der Waals surface area contributed by atoms with Crippen LogP contribution in [0.4, 0.5) is 13.2 Å². The van der Waals surface area contributed by atoms with Gasteiger partial charge in [-0.1, -0.05) is 18.2 Å². The SMILES string of the molecule is O=C(O)c1c(-c2ccccc2C(F)(F)F)cn[nH]c1=O. The second kappa shape index (κ2) is 4.80. The van der Waals surface area contributed by atoms with Crippen LogP contribution in [-0.2, 0) is 6.18 Å². The molecule has 2 N–H and O–H groups in total. The molecule has 104 valence electrons. The van der Waals surface area contributed by atoms with Gasteiger partial charge in [0, 0.05) is 5.56 Å². The number of nitrogens with one attached hydrogen (secondary N) is 1. The Morgan fingerprint density at radius 1 is 1.20 bits per heavy atom. The van der Waals surface area contributed by atoms with Crippen LogP contribution in [0.1, 0.15) is 15.9 Å². The molecule has 0 amide bonds. The minimum atomic E-state index is -4.67. The average molecular weight is 284 g/mol. The molecule has 2 rings (SSSR count). The van der Waals surface area contributed by atoms with Gasteiger partial charge < -0.3 is 5.11 Å². The Bertz CT molecular complexity index is 722. The van der Waals surface area contributed by atoms with Crippen LogP contribution in [-0.4, -0.2) is 21.3 Å². The first kappa shape index (κ1) is 13.8. The third-order valence-corrected chi connectivity index (χ3v) is 2.59. The molecule has 1 heterocycles. The minimum Gasteiger partial charge on any atom is -0.477 e. The second-order valence-corrected chi connectivity index (χ2v) is 3.84. The number of carboxylic acid groups (broad SMARTS) is 1. The van der Waals surface area contributed by atoms with Crippen molar-refractivity contribution in [2.24, 2.45) is 0 Å². The summed E-state index contributed by atoms with van der Waals surface area (Å²) >= 11 is 0. The predicted octanol–water partition coefficient (Wildman–Crippen LogP) is 2.15. The van der Waals surface area contributed by atoms with E-state index in [0.29, 0.717) is 0 Å². The lowest BCUT2D eigenvalue weighted by molar-refractivity contribution is -0.137. The fourth-order valence-electron chi connectivity index (χ4n) is 1.78. The van der Waals surface area contributed by atoms with Gasteiger partial charge in [-0.25, -0.2) is 9.89 Å². The van der Waals surface area contributed by atoms with Gasteiger partial charge in [-0.3, -0.25) is 4.79 Å². The van der Waals surface area contributed by atoms with Crippen LogP contribution in [0.3, 0.4) is 0 Å². The summed E-state index contributed by atoms with van der Waals surface area (Å²) in [6, 6.07) is 4.39. The summed E-state index contributed by atoms with van der Waals surface area (Å²) in [6.07, 6.45) is -3.79. The topological polar surface area (TPSA) is 83.0 Å². The molecule has 0 bridgehead atoms. The van der Waals surface area contributed by atoms with Crippen molar-refractivity contribution in [2.45, 2.75) is 6.18 Å². The summed E-state index contributed by atoms with van der Waals surface area (Å²) < 4.78 is 38.7. The van der Waals surface area contributed by atoms with E-state index in [-0.39, 0.29) is 5.56 Å². The van der Waals surface area contributed by atoms with Gasteiger partial charge in [-0.15, -0.1) is 0 Å². The minimum absolute atomic E-state index is 0.380. The molecule has 0 fully saturated rings. The quantitative estimate of drug-likeness (QED) is 0.885. The molecular formula is C12H7F3N2O3. The summed E-state index contributed by atoms with van der Waals surface area (Å²) in [5.74, 6) is -1.62. The molecule has 20 heavy (non-hydrogen) atoms. The maximum absolute atomic E-state index is 12.9. The number of alkyl halides is 3. The van der Waals surface area contributed by atoms with Crippen molar-refractivity contribution in [2.75, 3.05) is 0 Å². The Kier molecular flexibility index (Phi) is 3.31. The largest absolute Gasteiger partial charge is 0.477 e. The maximum atomic E-state index is 12.9. The first-order valence-electron chi connectivity index (χ1n) is 5.30. The molecule has 0 saturated carbocycles. The lowest BCUT2D eigenvalue weighted by atomic mass is 9.97. The summed E-state index contributed by atoms with van der Waals surface area (Å²) in [4.78, 5) is 22.5. The van der Waals surface area contributed by atoms with Gasteiger partial charge in [0.15, 0.2) is 0 Å². The van der Waals surface area contributed by atoms with Crippen molar-refractivity contribution in [3.63, 3.8) is 0 Å². The van der Waals surface area contributed by atoms with E-state index in [1.165, 1.54) is 12.1 Å². The molecule has 1 aromatic heterocycles. The van der Waals surface area contributed by atoms with Crippen LogP contribution < -0.4 is 5.56 Å². The summed E-state index contributed by atoms with van der Waals surface area (Å²) in [5.41, 5.74) is -3.66. The number of aromatic nitrogens is 2. The Morgan fingerprint density at radius 3 is 2.45 bits per heavy atom. The van der Waals surface area contributed by atoms with Gasteiger partial charge in [0.1, 0.15) is 5.56 Å². The van der Waals surface area contributed by atoms with Gasteiger partial charge in [0.05, 0.1) is 11.8 Å². The Hall–Kier alpha value is -2.64. The number of nitrogens with zero attached hydrogens (tertiary/aromatic N) is 1. The third kappa shape index (κ3) is 2.40. The van der Waals surface area contributed by atoms with E-state index in [0.717, 1.165) is 18.3 Å². The van der Waals surface area contributed by atoms with E-state index >= 15 is 0 Å². The van der Waals surface area contributed by atoms with Crippen LogP contribution in [0, 0.1) is 0 Å². The highest BCUT2D eigenvalue weighted by Gasteiger charge is 2.34. The lowest BCUT2D eigenvalue weighted by Gasteiger charge is -2.13. The molecule has 0 atom stereocenters. The van der Waals surface area contributed by atoms with Gasteiger partial charge in [-0.05, 0) is 11.6 Å². The molecule has 0 aliphatic carbocycles. The van der Waals surface area contributed by atoms with Crippen molar-refractivity contribution in [1.29, 1.82) is 0 Å². The monoisotopic (exact) mass is 284 g/mol. The molecular weight excluding hydrogens is 277 g/mol. The number of carboxylic acids is 1. The second-order valence-electron chi connectivity index (χ2n) is 3.84. The van der Waals surface area contributed by atoms with Crippen molar-refractivity contribution < 1.29 is 23.1 Å². The Morgan fingerprint density at radius 2 is 1.85 bits per heavy atom. The average Bonchev–Trinajstić information content (AvgIpc) is 2.37. The van der Waals surface area contributed by atoms with Crippen LogP contribution in [0.5, 0.6) is 0 Å². The number of aromatic amines is 1. The third-order valence-electron chi connectivity index (χ3n) is 2.59. The smallest absolute Gasteiger partial charge is 0.417 e. The van der Waals surface area contributed by atoms with Crippen molar-refractivity contribution in [1.82, 2.24) is 10.2 Å². The number of carbonyl (C=O) groups is 1. The van der Waals surface area contributed by atoms with Gasteiger partial charge >= 0.3 is 12.1 Å². The molecule has 0 aliphatic rings. The Labute approximate surface area is 109 Å². The first-order chi connectivity index (χ1) is 9.32. The molecule has 2 aromatic rings. The number of hydrogen-bond donors (Lipinski definition) is 2. The van der Waals surface area contributed by atoms with E-state index in [2.05, 4.69) is 5.10 Å². The summed E-state index contributed by atoms with van der Waals surface area (Å²) in [7, 11) is 0. The van der Waals surface area contributed by atoms with E-state index < -0.39 is 34.4 Å². The predicted molar refractivity (Wildman–Crippen MR) is 62.3 cm³/mol. The number of H-pyrrole nitrogens is 1. The molecule has 0 spiro atoms. The maximum Gasteiger partial charge on any atom is 0.417 e. The highest BCUT2D eigenvalue weighted by atomic mass is 19.4. The van der Waals surface area contributed by atoms with Crippen LogP contribution in [0.25, 0.3) is 11.1 Å². The summed E-state index contributed by atoms with van der Waals surface area (Å²) in [6.45, 7) is 0. The zero-order valence-electron chi connectivity index (χ0n) is 9.73. The van der Waals surface area contributed by atoms with E-state index in [1.54, 1.807) is 0 Å². The van der Waals surface area contributed by atoms with Gasteiger partial charge in [0.25, 0.3) is 5.56 Å². The van der Waals surface area contributed by atoms with E-state index in [1.807, 2.05) is 5.10 Å². The number of halogens is 3. The zero-order chi connectivity index (χ0) is 14.9. The number of rotatable bonds is 2. The molecule has 0 unspecified atom stereocenters. The first-order valence-corrected chi connectivity index (χ1v) is 5.30. The highest BCUT2D eigenvalue weighted by Crippen LogP contribution is 2.37. The van der Waals surface area contributed by atoms with E-state index in [9.17, 15) is 22.8 Å². The molecule has 0 radical (unpaired) electrons. The fraction of sp³-hybridized carbons (Fsp3) is 0.0833. The van der Waals surface area contributed by atoms with Crippen molar-refractivity contribution >= 4 is 5.97 Å². The number of aromatic carboxylic acids is 1. The lowest BCUT2D eigenvalue weighted by Crippen LogP contribution is -2.20. The van der Waals surface area contributed by atoms with Crippen LogP contribution in [0.15, 0.2) is 35.3 Å². The summed E-state index contributed by atoms with van der Waals surface area (Å²) in [5, 5.41) is 14.2. The molecule has 5 nitrogen and oxygen atoms in total. The van der Waals surface area contributed by atoms with E-state index in [4.69, 9.17) is 5.11 Å². The van der Waals surface area contributed by atoms with Crippen molar-refractivity contribution in [3.05, 3.63) is 51.9 Å². The molecule has 0 saturated heterocycles. The standard InChI is InChI=1S/C12H7F3N2O3/c13-12(14,15)8-4-2-1-3-6(8)7-5-16-17-10(18)9(7)11(19)20/h1-5H,(H,17,18)(H,19,20).